The zero-order valence-corrected chi connectivity index (χ0v) is 17.5. The van der Waals surface area contributed by atoms with Crippen molar-refractivity contribution < 1.29 is 18.7 Å². The molecule has 0 saturated carbocycles. The molecule has 0 aliphatic rings. The minimum atomic E-state index is -0.583. The van der Waals surface area contributed by atoms with Gasteiger partial charge in [-0.25, -0.2) is 9.59 Å². The van der Waals surface area contributed by atoms with Gasteiger partial charge in [-0.15, -0.1) is 0 Å². The van der Waals surface area contributed by atoms with Crippen LogP contribution in [0.25, 0.3) is 11.0 Å². The highest BCUT2D eigenvalue weighted by molar-refractivity contribution is 5.88. The number of hydrogen-bond acceptors (Lipinski definition) is 5. The number of ether oxygens (including phenoxy) is 2. The summed E-state index contributed by atoms with van der Waals surface area (Å²) in [5.74, 6) is 0.0492. The molecule has 5 heteroatoms. The second-order valence-corrected chi connectivity index (χ2v) is 8.17. The Kier molecular flexibility index (Phi) is 5.78. The van der Waals surface area contributed by atoms with E-state index in [-0.39, 0.29) is 12.2 Å². The van der Waals surface area contributed by atoms with Crippen molar-refractivity contribution in [3.8, 4) is 5.75 Å². The Morgan fingerprint density at radius 3 is 2.41 bits per heavy atom. The SMILES string of the molecule is Cc1cc(OCC(=O)OC(C)(C)C)c2c(C)c(Cc3ccccc3)c(=O)oc2c1. The molecule has 0 fully saturated rings. The monoisotopic (exact) mass is 394 g/mol. The first kappa shape index (κ1) is 20.6. The molecular weight excluding hydrogens is 368 g/mol. The molecule has 2 aromatic carbocycles. The van der Waals surface area contributed by atoms with E-state index in [0.717, 1.165) is 16.7 Å². The predicted molar refractivity (Wildman–Crippen MR) is 113 cm³/mol. The fourth-order valence-corrected chi connectivity index (χ4v) is 3.26. The third-order valence-corrected chi connectivity index (χ3v) is 4.48. The van der Waals surface area contributed by atoms with Gasteiger partial charge in [-0.3, -0.25) is 0 Å². The van der Waals surface area contributed by atoms with Crippen LogP contribution in [-0.4, -0.2) is 18.2 Å². The van der Waals surface area contributed by atoms with Gasteiger partial charge in [-0.1, -0.05) is 30.3 Å². The maximum Gasteiger partial charge on any atom is 0.344 e. The van der Waals surface area contributed by atoms with Gasteiger partial charge in [0.15, 0.2) is 6.61 Å². The molecule has 0 aliphatic carbocycles. The molecule has 0 amide bonds. The van der Waals surface area contributed by atoms with Gasteiger partial charge < -0.3 is 13.9 Å². The minimum absolute atomic E-state index is 0.220. The summed E-state index contributed by atoms with van der Waals surface area (Å²) < 4.78 is 16.7. The van der Waals surface area contributed by atoms with E-state index in [4.69, 9.17) is 13.9 Å². The topological polar surface area (TPSA) is 65.7 Å². The second-order valence-electron chi connectivity index (χ2n) is 8.17. The fraction of sp³-hybridized carbons (Fsp3) is 0.333. The molecule has 0 unspecified atom stereocenters. The van der Waals surface area contributed by atoms with Gasteiger partial charge in [0.05, 0.1) is 5.39 Å². The summed E-state index contributed by atoms with van der Waals surface area (Å²) in [5.41, 5.74) is 2.77. The third kappa shape index (κ3) is 5.05. The van der Waals surface area contributed by atoms with Crippen LogP contribution in [0.5, 0.6) is 5.75 Å². The summed E-state index contributed by atoms with van der Waals surface area (Å²) in [6.07, 6.45) is 0.463. The lowest BCUT2D eigenvalue weighted by Crippen LogP contribution is -2.27. The molecule has 0 bridgehead atoms. The number of fused-ring (bicyclic) bond motifs is 1. The van der Waals surface area contributed by atoms with Gasteiger partial charge in [0, 0.05) is 12.0 Å². The number of benzene rings is 2. The molecule has 3 rings (SSSR count). The number of carbonyl (C=O) groups is 1. The summed E-state index contributed by atoms with van der Waals surface area (Å²) in [5, 5.41) is 0.699. The van der Waals surface area contributed by atoms with Gasteiger partial charge in [0.1, 0.15) is 16.9 Å². The van der Waals surface area contributed by atoms with Crippen molar-refractivity contribution in [3.05, 3.63) is 75.1 Å². The Balaban J connectivity index is 2.00. The molecule has 152 valence electrons. The van der Waals surface area contributed by atoms with Crippen molar-refractivity contribution in [1.29, 1.82) is 0 Å². The zero-order chi connectivity index (χ0) is 21.2. The van der Waals surface area contributed by atoms with Crippen LogP contribution in [0, 0.1) is 13.8 Å². The quantitative estimate of drug-likeness (QED) is 0.463. The van der Waals surface area contributed by atoms with Crippen molar-refractivity contribution in [3.63, 3.8) is 0 Å². The van der Waals surface area contributed by atoms with E-state index in [1.165, 1.54) is 0 Å². The molecule has 0 atom stereocenters. The Morgan fingerprint density at radius 1 is 1.07 bits per heavy atom. The molecule has 1 heterocycles. The first-order valence-electron chi connectivity index (χ1n) is 9.59. The molecule has 1 aromatic heterocycles. The van der Waals surface area contributed by atoms with Crippen LogP contribution in [0.2, 0.25) is 0 Å². The second kappa shape index (κ2) is 8.11. The first-order valence-corrected chi connectivity index (χ1v) is 9.59. The first-order chi connectivity index (χ1) is 13.6. The smallest absolute Gasteiger partial charge is 0.344 e. The average molecular weight is 394 g/mol. The molecular formula is C24H26O5. The van der Waals surface area contributed by atoms with Crippen LogP contribution in [0.3, 0.4) is 0 Å². The van der Waals surface area contributed by atoms with Gasteiger partial charge >= 0.3 is 11.6 Å². The average Bonchev–Trinajstić information content (AvgIpc) is 2.62. The Hall–Kier alpha value is -3.08. The van der Waals surface area contributed by atoms with Crippen LogP contribution in [0.15, 0.2) is 51.7 Å². The Bertz CT molecular complexity index is 1090. The third-order valence-electron chi connectivity index (χ3n) is 4.48. The lowest BCUT2D eigenvalue weighted by Gasteiger charge is -2.20. The number of rotatable bonds is 5. The zero-order valence-electron chi connectivity index (χ0n) is 17.5. The molecule has 0 saturated heterocycles. The Morgan fingerprint density at radius 2 is 1.76 bits per heavy atom. The van der Waals surface area contributed by atoms with Crippen molar-refractivity contribution in [2.45, 2.75) is 46.6 Å². The number of aryl methyl sites for hydroxylation is 2. The molecule has 5 nitrogen and oxygen atoms in total. The van der Waals surface area contributed by atoms with E-state index in [0.29, 0.717) is 28.7 Å². The van der Waals surface area contributed by atoms with Crippen LogP contribution in [0.4, 0.5) is 0 Å². The highest BCUT2D eigenvalue weighted by Crippen LogP contribution is 2.31. The van der Waals surface area contributed by atoms with Crippen molar-refractivity contribution in [2.24, 2.45) is 0 Å². The molecule has 0 spiro atoms. The summed E-state index contributed by atoms with van der Waals surface area (Å²) >= 11 is 0. The van der Waals surface area contributed by atoms with E-state index in [2.05, 4.69) is 0 Å². The summed E-state index contributed by atoms with van der Waals surface area (Å²) in [4.78, 5) is 24.7. The Labute approximate surface area is 170 Å². The van der Waals surface area contributed by atoms with Crippen LogP contribution in [0.1, 0.15) is 43.0 Å². The maximum atomic E-state index is 12.6. The summed E-state index contributed by atoms with van der Waals surface area (Å²) in [6, 6.07) is 13.4. The minimum Gasteiger partial charge on any atom is -0.481 e. The summed E-state index contributed by atoms with van der Waals surface area (Å²) in [7, 11) is 0. The fourth-order valence-electron chi connectivity index (χ4n) is 3.26. The van der Waals surface area contributed by atoms with Crippen LogP contribution in [-0.2, 0) is 16.0 Å². The maximum absolute atomic E-state index is 12.6. The lowest BCUT2D eigenvalue weighted by molar-refractivity contribution is -0.157. The normalized spacial score (nSPS) is 11.5. The van der Waals surface area contributed by atoms with Gasteiger partial charge in [-0.05, 0) is 63.4 Å². The van der Waals surface area contributed by atoms with E-state index < -0.39 is 11.6 Å². The van der Waals surface area contributed by atoms with Crippen molar-refractivity contribution in [1.82, 2.24) is 0 Å². The van der Waals surface area contributed by atoms with Gasteiger partial charge in [-0.2, -0.15) is 0 Å². The predicted octanol–water partition coefficient (Wildman–Crippen LogP) is 4.72. The number of hydrogen-bond donors (Lipinski definition) is 0. The summed E-state index contributed by atoms with van der Waals surface area (Å²) in [6.45, 7) is 8.97. The van der Waals surface area contributed by atoms with E-state index >= 15 is 0 Å². The lowest BCUT2D eigenvalue weighted by atomic mass is 9.98. The van der Waals surface area contributed by atoms with Crippen molar-refractivity contribution >= 4 is 16.9 Å². The molecule has 29 heavy (non-hydrogen) atoms. The van der Waals surface area contributed by atoms with Crippen LogP contribution >= 0.6 is 0 Å². The number of carbonyl (C=O) groups excluding carboxylic acids is 1. The molecule has 0 aliphatic heterocycles. The standard InChI is InChI=1S/C24H26O5/c1-15-11-19(27-14-21(25)29-24(3,4)5)22-16(2)18(23(26)28-20(22)12-15)13-17-9-7-6-8-10-17/h6-12H,13-14H2,1-5H3. The van der Waals surface area contributed by atoms with Gasteiger partial charge in [0.2, 0.25) is 0 Å². The molecule has 0 radical (unpaired) electrons. The number of esters is 1. The van der Waals surface area contributed by atoms with Gasteiger partial charge in [0.25, 0.3) is 0 Å². The molecule has 0 N–H and O–H groups in total. The van der Waals surface area contributed by atoms with E-state index in [1.54, 1.807) is 6.07 Å². The van der Waals surface area contributed by atoms with E-state index in [1.807, 2.05) is 71.0 Å². The van der Waals surface area contributed by atoms with Crippen molar-refractivity contribution in [2.75, 3.05) is 6.61 Å². The molecule has 3 aromatic rings. The highest BCUT2D eigenvalue weighted by Gasteiger charge is 2.19. The largest absolute Gasteiger partial charge is 0.481 e. The highest BCUT2D eigenvalue weighted by atomic mass is 16.6. The van der Waals surface area contributed by atoms with Crippen LogP contribution < -0.4 is 10.4 Å². The van der Waals surface area contributed by atoms with E-state index in [9.17, 15) is 9.59 Å².